The van der Waals surface area contributed by atoms with Gasteiger partial charge < -0.3 is 10.1 Å². The van der Waals surface area contributed by atoms with Crippen LogP contribution in [0.15, 0.2) is 42.5 Å². The maximum absolute atomic E-state index is 11.8. The van der Waals surface area contributed by atoms with Gasteiger partial charge in [0.1, 0.15) is 5.75 Å². The molecule has 0 aliphatic rings. The molecule has 0 unspecified atom stereocenters. The fraction of sp³-hybridized carbons (Fsp3) is 0.125. The molecular formula is C16H15Cl2N3O2S. The standard InChI is InChI=1S/C16H15Cl2N3O2S/c1-10-5-6-13(18)14(7-10)23-9-15(22)20-21-16(24)19-12-4-2-3-11(17)8-12/h2-8H,9H2,1H3,(H,20,22)(H2,19,21,24). The Bertz CT molecular complexity index is 756. The summed E-state index contributed by atoms with van der Waals surface area (Å²) in [4.78, 5) is 11.8. The summed E-state index contributed by atoms with van der Waals surface area (Å²) in [5.41, 5.74) is 6.70. The largest absolute Gasteiger partial charge is 0.482 e. The monoisotopic (exact) mass is 383 g/mol. The van der Waals surface area contributed by atoms with Crippen molar-refractivity contribution in [1.29, 1.82) is 0 Å². The number of thiocarbonyl (C=S) groups is 1. The number of amides is 1. The molecule has 5 nitrogen and oxygen atoms in total. The first kappa shape index (κ1) is 18.3. The number of nitrogens with one attached hydrogen (secondary N) is 3. The summed E-state index contributed by atoms with van der Waals surface area (Å²) in [6, 6.07) is 12.4. The Morgan fingerprint density at radius 2 is 1.96 bits per heavy atom. The molecule has 24 heavy (non-hydrogen) atoms. The highest BCUT2D eigenvalue weighted by Crippen LogP contribution is 2.24. The van der Waals surface area contributed by atoms with Gasteiger partial charge in [0.15, 0.2) is 11.7 Å². The van der Waals surface area contributed by atoms with Gasteiger partial charge in [0.25, 0.3) is 5.91 Å². The van der Waals surface area contributed by atoms with Crippen molar-refractivity contribution in [3.8, 4) is 5.75 Å². The summed E-state index contributed by atoms with van der Waals surface area (Å²) in [5, 5.41) is 4.13. The van der Waals surface area contributed by atoms with E-state index in [1.54, 1.807) is 36.4 Å². The maximum atomic E-state index is 11.8. The molecule has 0 spiro atoms. The third-order valence-electron chi connectivity index (χ3n) is 2.84. The van der Waals surface area contributed by atoms with Crippen LogP contribution in [0.2, 0.25) is 10.0 Å². The molecular weight excluding hydrogens is 369 g/mol. The van der Waals surface area contributed by atoms with E-state index in [9.17, 15) is 4.79 Å². The van der Waals surface area contributed by atoms with Crippen LogP contribution in [0.3, 0.4) is 0 Å². The topological polar surface area (TPSA) is 62.4 Å². The number of hydrogen-bond donors (Lipinski definition) is 3. The first-order valence-corrected chi connectivity index (χ1v) is 8.11. The molecule has 0 bridgehead atoms. The normalized spacial score (nSPS) is 9.96. The molecule has 0 aliphatic carbocycles. The summed E-state index contributed by atoms with van der Waals surface area (Å²) < 4.78 is 5.38. The number of aryl methyl sites for hydroxylation is 1. The molecule has 126 valence electrons. The first-order chi connectivity index (χ1) is 11.4. The molecule has 0 saturated carbocycles. The molecule has 0 atom stereocenters. The Balaban J connectivity index is 1.76. The molecule has 2 aromatic rings. The number of halogens is 2. The second-order valence-electron chi connectivity index (χ2n) is 4.86. The van der Waals surface area contributed by atoms with Crippen LogP contribution in [0.5, 0.6) is 5.75 Å². The van der Waals surface area contributed by atoms with Gasteiger partial charge in [-0.15, -0.1) is 0 Å². The number of hydrogen-bond acceptors (Lipinski definition) is 3. The lowest BCUT2D eigenvalue weighted by Gasteiger charge is -2.13. The van der Waals surface area contributed by atoms with Crippen LogP contribution in [-0.4, -0.2) is 17.6 Å². The van der Waals surface area contributed by atoms with Gasteiger partial charge in [0.05, 0.1) is 5.02 Å². The van der Waals surface area contributed by atoms with Crippen LogP contribution < -0.4 is 20.9 Å². The molecule has 8 heteroatoms. The lowest BCUT2D eigenvalue weighted by atomic mass is 10.2. The Hall–Kier alpha value is -2.02. The minimum absolute atomic E-state index is 0.198. The minimum atomic E-state index is -0.400. The third-order valence-corrected chi connectivity index (χ3v) is 3.59. The fourth-order valence-electron chi connectivity index (χ4n) is 1.76. The smallest absolute Gasteiger partial charge is 0.276 e. The zero-order valence-electron chi connectivity index (χ0n) is 12.7. The number of ether oxygens (including phenoxy) is 1. The van der Waals surface area contributed by atoms with Crippen molar-refractivity contribution in [2.75, 3.05) is 11.9 Å². The zero-order valence-corrected chi connectivity index (χ0v) is 15.1. The van der Waals surface area contributed by atoms with E-state index in [2.05, 4.69) is 16.2 Å². The zero-order chi connectivity index (χ0) is 17.5. The average Bonchev–Trinajstić information content (AvgIpc) is 2.54. The van der Waals surface area contributed by atoms with Crippen molar-refractivity contribution in [3.05, 3.63) is 58.1 Å². The van der Waals surface area contributed by atoms with Crippen molar-refractivity contribution < 1.29 is 9.53 Å². The van der Waals surface area contributed by atoms with E-state index in [1.807, 2.05) is 13.0 Å². The molecule has 3 N–H and O–H groups in total. The second-order valence-corrected chi connectivity index (χ2v) is 6.11. The highest BCUT2D eigenvalue weighted by Gasteiger charge is 2.07. The summed E-state index contributed by atoms with van der Waals surface area (Å²) in [5.74, 6) is 0.0502. The van der Waals surface area contributed by atoms with E-state index >= 15 is 0 Å². The predicted molar refractivity (Wildman–Crippen MR) is 101 cm³/mol. The van der Waals surface area contributed by atoms with E-state index in [1.165, 1.54) is 0 Å². The molecule has 1 amide bonds. The van der Waals surface area contributed by atoms with Crippen molar-refractivity contribution in [2.24, 2.45) is 0 Å². The number of carbonyl (C=O) groups is 1. The Morgan fingerprint density at radius 1 is 1.17 bits per heavy atom. The maximum Gasteiger partial charge on any atom is 0.276 e. The van der Waals surface area contributed by atoms with E-state index in [0.717, 1.165) is 5.56 Å². The summed E-state index contributed by atoms with van der Waals surface area (Å²) >= 11 is 16.9. The van der Waals surface area contributed by atoms with E-state index in [4.69, 9.17) is 40.2 Å². The number of hydrazine groups is 1. The number of rotatable bonds is 4. The van der Waals surface area contributed by atoms with Crippen molar-refractivity contribution >= 4 is 52.1 Å². The Kier molecular flexibility index (Phi) is 6.66. The highest BCUT2D eigenvalue weighted by molar-refractivity contribution is 7.80. The number of anilines is 1. The summed E-state index contributed by atoms with van der Waals surface area (Å²) in [7, 11) is 0. The van der Waals surface area contributed by atoms with E-state index in [-0.39, 0.29) is 11.7 Å². The highest BCUT2D eigenvalue weighted by atomic mass is 35.5. The minimum Gasteiger partial charge on any atom is -0.482 e. The van der Waals surface area contributed by atoms with Crippen molar-refractivity contribution in [1.82, 2.24) is 10.9 Å². The Labute approximate surface area is 155 Å². The molecule has 2 aromatic carbocycles. The third kappa shape index (κ3) is 5.88. The number of benzene rings is 2. The van der Waals surface area contributed by atoms with E-state index in [0.29, 0.717) is 21.5 Å². The van der Waals surface area contributed by atoms with Gasteiger partial charge in [0.2, 0.25) is 0 Å². The van der Waals surface area contributed by atoms with Gasteiger partial charge >= 0.3 is 0 Å². The van der Waals surface area contributed by atoms with Gasteiger partial charge in [-0.25, -0.2) is 0 Å². The van der Waals surface area contributed by atoms with Crippen LogP contribution in [0.25, 0.3) is 0 Å². The van der Waals surface area contributed by atoms with Crippen LogP contribution in [0.1, 0.15) is 5.56 Å². The first-order valence-electron chi connectivity index (χ1n) is 6.94. The molecule has 0 aromatic heterocycles. The van der Waals surface area contributed by atoms with Crippen molar-refractivity contribution in [2.45, 2.75) is 6.92 Å². The molecule has 0 radical (unpaired) electrons. The van der Waals surface area contributed by atoms with Crippen LogP contribution in [-0.2, 0) is 4.79 Å². The Morgan fingerprint density at radius 3 is 2.71 bits per heavy atom. The summed E-state index contributed by atoms with van der Waals surface area (Å²) in [6.45, 7) is 1.71. The average molecular weight is 384 g/mol. The second kappa shape index (κ2) is 8.73. The lowest BCUT2D eigenvalue weighted by molar-refractivity contribution is -0.123. The summed E-state index contributed by atoms with van der Waals surface area (Å²) in [6.07, 6.45) is 0. The van der Waals surface area contributed by atoms with Gasteiger partial charge in [-0.1, -0.05) is 35.3 Å². The molecule has 2 rings (SSSR count). The van der Waals surface area contributed by atoms with Crippen LogP contribution in [0, 0.1) is 6.92 Å². The molecule has 0 heterocycles. The molecule has 0 fully saturated rings. The van der Waals surface area contributed by atoms with Crippen LogP contribution >= 0.6 is 35.4 Å². The van der Waals surface area contributed by atoms with Gasteiger partial charge in [-0.05, 0) is 55.0 Å². The van der Waals surface area contributed by atoms with Gasteiger partial charge in [-0.3, -0.25) is 15.6 Å². The molecule has 0 aliphatic heterocycles. The lowest BCUT2D eigenvalue weighted by Crippen LogP contribution is -2.45. The van der Waals surface area contributed by atoms with Crippen LogP contribution in [0.4, 0.5) is 5.69 Å². The molecule has 0 saturated heterocycles. The SMILES string of the molecule is Cc1ccc(Cl)c(OCC(=O)NNC(=S)Nc2cccc(Cl)c2)c1. The fourth-order valence-corrected chi connectivity index (χ4v) is 2.29. The van der Waals surface area contributed by atoms with Crippen molar-refractivity contribution in [3.63, 3.8) is 0 Å². The van der Waals surface area contributed by atoms with E-state index < -0.39 is 5.91 Å². The predicted octanol–water partition coefficient (Wildman–Crippen LogP) is 3.70. The number of carbonyl (C=O) groups excluding carboxylic acids is 1. The van der Waals surface area contributed by atoms with Gasteiger partial charge in [-0.2, -0.15) is 0 Å². The van der Waals surface area contributed by atoms with Gasteiger partial charge in [0, 0.05) is 10.7 Å². The quantitative estimate of drug-likeness (QED) is 0.554.